The quantitative estimate of drug-likeness (QED) is 0.405. The smallest absolute Gasteiger partial charge is 0.264 e. The van der Waals surface area contributed by atoms with E-state index in [1.165, 1.54) is 4.57 Å². The van der Waals surface area contributed by atoms with Gasteiger partial charge in [0, 0.05) is 24.2 Å². The molecule has 5 heterocycles. The fraction of sp³-hybridized carbons (Fsp3) is 0.188. The largest absolute Gasteiger partial charge is 0.269 e. The molecule has 5 rings (SSSR count). The predicted molar refractivity (Wildman–Crippen MR) is 79.7 cm³/mol. The standard InChI is InChI=1S/C16H14N5/c1-19-13-8-18-6-4-11(13)14-16(19)21-9-10-3-5-17-7-12(10)15(21)20(14)2/h3-8H,9H2,1-2H3/q+1/i1D3. The molecule has 102 valence electrons. The van der Waals surface area contributed by atoms with Gasteiger partial charge in [0.1, 0.15) is 5.52 Å². The lowest BCUT2D eigenvalue weighted by Crippen LogP contribution is -2.33. The number of fused-ring (bicyclic) bond motifs is 7. The highest BCUT2D eigenvalue weighted by Gasteiger charge is 2.34. The van der Waals surface area contributed by atoms with Crippen molar-refractivity contribution in [2.24, 2.45) is 14.0 Å². The maximum Gasteiger partial charge on any atom is 0.269 e. The van der Waals surface area contributed by atoms with E-state index in [1.54, 1.807) is 18.6 Å². The number of rotatable bonds is 0. The molecule has 0 saturated heterocycles. The molecule has 0 spiro atoms. The van der Waals surface area contributed by atoms with E-state index in [4.69, 9.17) is 4.11 Å². The van der Waals surface area contributed by atoms with E-state index in [0.717, 1.165) is 27.9 Å². The Morgan fingerprint density at radius 2 is 2.05 bits per heavy atom. The molecule has 5 nitrogen and oxygen atoms in total. The normalized spacial score (nSPS) is 15.8. The molecule has 0 radical (unpaired) electrons. The van der Waals surface area contributed by atoms with Crippen molar-refractivity contribution in [1.82, 2.24) is 19.1 Å². The maximum absolute atomic E-state index is 8.02. The third-order valence-electron chi connectivity index (χ3n) is 4.36. The van der Waals surface area contributed by atoms with Gasteiger partial charge in [0.05, 0.1) is 41.8 Å². The number of hydrogen-bond acceptors (Lipinski definition) is 2. The van der Waals surface area contributed by atoms with Crippen molar-refractivity contribution in [3.63, 3.8) is 0 Å². The molecule has 1 aliphatic rings. The average Bonchev–Trinajstić information content (AvgIpc) is 3.16. The summed E-state index contributed by atoms with van der Waals surface area (Å²) in [5.41, 5.74) is 4.44. The predicted octanol–water partition coefficient (Wildman–Crippen LogP) is 1.78. The van der Waals surface area contributed by atoms with Crippen LogP contribution in [0.3, 0.4) is 0 Å². The van der Waals surface area contributed by atoms with Crippen LogP contribution in [0.1, 0.15) is 9.68 Å². The van der Waals surface area contributed by atoms with E-state index in [-0.39, 0.29) is 0 Å². The lowest BCUT2D eigenvalue weighted by atomic mass is 10.2. The maximum atomic E-state index is 8.02. The van der Waals surface area contributed by atoms with Crippen molar-refractivity contribution in [2.75, 3.05) is 0 Å². The fourth-order valence-electron chi connectivity index (χ4n) is 3.48. The zero-order chi connectivity index (χ0) is 16.6. The molecule has 1 aliphatic heterocycles. The summed E-state index contributed by atoms with van der Waals surface area (Å²) in [5, 5.41) is 0.894. The monoisotopic (exact) mass is 279 g/mol. The van der Waals surface area contributed by atoms with Gasteiger partial charge in [0.15, 0.2) is 5.52 Å². The van der Waals surface area contributed by atoms with Crippen molar-refractivity contribution in [3.8, 4) is 11.4 Å². The number of aromatic nitrogens is 5. The van der Waals surface area contributed by atoms with E-state index in [1.807, 2.05) is 25.4 Å². The van der Waals surface area contributed by atoms with Gasteiger partial charge in [-0.25, -0.2) is 4.57 Å². The molecule has 0 aliphatic carbocycles. The molecule has 0 atom stereocenters. The summed E-state index contributed by atoms with van der Waals surface area (Å²) in [4.78, 5) is 8.36. The van der Waals surface area contributed by atoms with Gasteiger partial charge in [0.2, 0.25) is 5.82 Å². The molecule has 5 heteroatoms. The zero-order valence-corrected chi connectivity index (χ0v) is 11.4. The van der Waals surface area contributed by atoms with Crippen LogP contribution in [-0.2, 0) is 20.6 Å². The average molecular weight is 279 g/mol. The van der Waals surface area contributed by atoms with Gasteiger partial charge in [-0.05, 0) is 12.1 Å². The van der Waals surface area contributed by atoms with Crippen LogP contribution in [0, 0.1) is 0 Å². The van der Waals surface area contributed by atoms with Crippen molar-refractivity contribution < 1.29 is 8.68 Å². The molecule has 0 bridgehead atoms. The Kier molecular flexibility index (Phi) is 1.42. The summed E-state index contributed by atoms with van der Waals surface area (Å²) < 4.78 is 29.6. The molecule has 4 aromatic rings. The molecule has 0 N–H and O–H groups in total. The van der Waals surface area contributed by atoms with Crippen LogP contribution in [0.5, 0.6) is 0 Å². The lowest BCUT2D eigenvalue weighted by molar-refractivity contribution is -0.648. The summed E-state index contributed by atoms with van der Waals surface area (Å²) in [6.45, 7) is -1.64. The minimum absolute atomic E-state index is 0.627. The van der Waals surface area contributed by atoms with Crippen LogP contribution in [0.4, 0.5) is 0 Å². The van der Waals surface area contributed by atoms with Gasteiger partial charge >= 0.3 is 0 Å². The first-order valence-corrected chi connectivity index (χ1v) is 6.79. The van der Waals surface area contributed by atoms with Crippen LogP contribution in [0.25, 0.3) is 33.5 Å². The highest BCUT2D eigenvalue weighted by atomic mass is 15.2. The van der Waals surface area contributed by atoms with Gasteiger partial charge in [-0.3, -0.25) is 19.1 Å². The Morgan fingerprint density at radius 3 is 2.95 bits per heavy atom. The number of imidazole rings is 1. The molecule has 0 unspecified atom stereocenters. The van der Waals surface area contributed by atoms with Gasteiger partial charge in [-0.1, -0.05) is 0 Å². The molecule has 0 aromatic carbocycles. The van der Waals surface area contributed by atoms with Crippen LogP contribution < -0.4 is 4.57 Å². The SMILES string of the molecule is [2H]C([2H])([2H])n1c2cnccc2c2c1[n+]1c(n2C)-c2cnccc2C1. The Morgan fingerprint density at radius 1 is 1.19 bits per heavy atom. The number of hydrogen-bond donors (Lipinski definition) is 0. The zero-order valence-electron chi connectivity index (χ0n) is 14.4. The molecular weight excluding hydrogens is 262 g/mol. The summed E-state index contributed by atoms with van der Waals surface area (Å²) in [6.07, 6.45) is 6.93. The molecule has 0 saturated carbocycles. The topological polar surface area (TPSA) is 39.5 Å². The van der Waals surface area contributed by atoms with Gasteiger partial charge < -0.3 is 0 Å². The van der Waals surface area contributed by atoms with Crippen LogP contribution >= 0.6 is 0 Å². The fourth-order valence-corrected chi connectivity index (χ4v) is 3.48. The van der Waals surface area contributed by atoms with E-state index < -0.39 is 6.98 Å². The summed E-state index contributed by atoms with van der Waals surface area (Å²) >= 11 is 0. The Bertz CT molecular complexity index is 1140. The third-order valence-corrected chi connectivity index (χ3v) is 4.36. The van der Waals surface area contributed by atoms with Gasteiger partial charge in [-0.2, -0.15) is 0 Å². The number of nitrogens with zero attached hydrogens (tertiary/aromatic N) is 5. The Labute approximate surface area is 125 Å². The van der Waals surface area contributed by atoms with Crippen molar-refractivity contribution in [1.29, 1.82) is 0 Å². The summed E-state index contributed by atoms with van der Waals surface area (Å²) in [5.74, 6) is 0.986. The minimum Gasteiger partial charge on any atom is -0.264 e. The van der Waals surface area contributed by atoms with E-state index in [2.05, 4.69) is 19.1 Å². The first-order chi connectivity index (χ1) is 11.5. The molecule has 21 heavy (non-hydrogen) atoms. The highest BCUT2D eigenvalue weighted by Crippen LogP contribution is 2.34. The van der Waals surface area contributed by atoms with E-state index in [9.17, 15) is 0 Å². The lowest BCUT2D eigenvalue weighted by Gasteiger charge is -1.97. The van der Waals surface area contributed by atoms with Crippen molar-refractivity contribution >= 4 is 22.1 Å². The van der Waals surface area contributed by atoms with Crippen LogP contribution in [-0.4, -0.2) is 19.1 Å². The molecule has 0 fully saturated rings. The van der Waals surface area contributed by atoms with Crippen molar-refractivity contribution in [2.45, 2.75) is 6.54 Å². The first kappa shape index (κ1) is 8.56. The second-order valence-electron chi connectivity index (χ2n) is 5.40. The molecule has 0 amide bonds. The number of pyridine rings is 2. The molecular formula is C16H14N5+. The van der Waals surface area contributed by atoms with Crippen molar-refractivity contribution in [3.05, 3.63) is 42.5 Å². The van der Waals surface area contributed by atoms with Crippen LogP contribution in [0.2, 0.25) is 0 Å². The second-order valence-corrected chi connectivity index (χ2v) is 5.40. The van der Waals surface area contributed by atoms with Gasteiger partial charge in [-0.15, -0.1) is 0 Å². The Balaban J connectivity index is 2.02. The van der Waals surface area contributed by atoms with E-state index >= 15 is 0 Å². The summed E-state index contributed by atoms with van der Waals surface area (Å²) in [6, 6.07) is 3.86. The second kappa shape index (κ2) is 3.49. The third kappa shape index (κ3) is 1.15. The first-order valence-electron chi connectivity index (χ1n) is 8.29. The minimum atomic E-state index is -2.28. The van der Waals surface area contributed by atoms with E-state index in [0.29, 0.717) is 17.7 Å². The summed E-state index contributed by atoms with van der Waals surface area (Å²) in [7, 11) is 1.97. The highest BCUT2D eigenvalue weighted by molar-refractivity contribution is 6.04. The Hall–Kier alpha value is -2.69. The van der Waals surface area contributed by atoms with Crippen LogP contribution in [0.15, 0.2) is 36.9 Å². The van der Waals surface area contributed by atoms with Gasteiger partial charge in [0.25, 0.3) is 5.65 Å². The molecule has 4 aromatic heterocycles. The number of aryl methyl sites for hydroxylation is 2.